The van der Waals surface area contributed by atoms with Gasteiger partial charge in [0.15, 0.2) is 0 Å². The van der Waals surface area contributed by atoms with Gasteiger partial charge in [-0.15, -0.1) is 0 Å². The maximum atomic E-state index is 8.69. The normalized spacial score (nSPS) is 10.2. The van der Waals surface area contributed by atoms with Crippen molar-refractivity contribution in [3.63, 3.8) is 0 Å². The third-order valence-corrected chi connectivity index (χ3v) is 2.35. The van der Waals surface area contributed by atoms with Crippen LogP contribution in [0.3, 0.4) is 0 Å². The molecule has 0 atom stereocenters. The number of hydrogen-bond acceptors (Lipinski definition) is 2. The SMILES string of the molecule is COc1c(C)cccc1CCCCO. The summed E-state index contributed by atoms with van der Waals surface area (Å²) in [4.78, 5) is 0. The molecule has 0 saturated heterocycles. The summed E-state index contributed by atoms with van der Waals surface area (Å²) >= 11 is 0. The summed E-state index contributed by atoms with van der Waals surface area (Å²) in [6, 6.07) is 6.18. The Hall–Kier alpha value is -1.02. The predicted molar refractivity (Wildman–Crippen MR) is 57.8 cm³/mol. The maximum absolute atomic E-state index is 8.69. The minimum atomic E-state index is 0.272. The van der Waals surface area contributed by atoms with Gasteiger partial charge in [-0.3, -0.25) is 0 Å². The van der Waals surface area contributed by atoms with Gasteiger partial charge in [0.1, 0.15) is 5.75 Å². The third kappa shape index (κ3) is 2.74. The molecule has 14 heavy (non-hydrogen) atoms. The lowest BCUT2D eigenvalue weighted by atomic mass is 10.0. The number of aliphatic hydroxyl groups excluding tert-OH is 1. The van der Waals surface area contributed by atoms with Gasteiger partial charge in [0.25, 0.3) is 0 Å². The molecule has 0 fully saturated rings. The van der Waals surface area contributed by atoms with Gasteiger partial charge in [0.05, 0.1) is 7.11 Å². The van der Waals surface area contributed by atoms with Crippen LogP contribution in [0.1, 0.15) is 24.0 Å². The molecule has 0 heterocycles. The van der Waals surface area contributed by atoms with Gasteiger partial charge in [-0.05, 0) is 37.3 Å². The lowest BCUT2D eigenvalue weighted by molar-refractivity contribution is 0.284. The highest BCUT2D eigenvalue weighted by molar-refractivity contribution is 5.40. The van der Waals surface area contributed by atoms with Crippen LogP contribution in [0.5, 0.6) is 5.75 Å². The van der Waals surface area contributed by atoms with Crippen molar-refractivity contribution in [2.75, 3.05) is 13.7 Å². The van der Waals surface area contributed by atoms with Crippen molar-refractivity contribution < 1.29 is 9.84 Å². The van der Waals surface area contributed by atoms with Crippen molar-refractivity contribution in [3.05, 3.63) is 29.3 Å². The highest BCUT2D eigenvalue weighted by atomic mass is 16.5. The van der Waals surface area contributed by atoms with Gasteiger partial charge < -0.3 is 9.84 Å². The zero-order valence-corrected chi connectivity index (χ0v) is 8.92. The highest BCUT2D eigenvalue weighted by Crippen LogP contribution is 2.24. The molecular weight excluding hydrogens is 176 g/mol. The van der Waals surface area contributed by atoms with Crippen molar-refractivity contribution in [2.24, 2.45) is 0 Å². The van der Waals surface area contributed by atoms with E-state index in [-0.39, 0.29) is 6.61 Å². The summed E-state index contributed by atoms with van der Waals surface area (Å²) in [6.07, 6.45) is 2.85. The van der Waals surface area contributed by atoms with Crippen molar-refractivity contribution in [3.8, 4) is 5.75 Å². The van der Waals surface area contributed by atoms with Gasteiger partial charge in [0, 0.05) is 6.61 Å². The van der Waals surface area contributed by atoms with Crippen LogP contribution in [0.15, 0.2) is 18.2 Å². The van der Waals surface area contributed by atoms with Crippen molar-refractivity contribution in [1.29, 1.82) is 0 Å². The van der Waals surface area contributed by atoms with Crippen molar-refractivity contribution >= 4 is 0 Å². The zero-order valence-electron chi connectivity index (χ0n) is 8.92. The standard InChI is InChI=1S/C12H18O2/c1-10-6-5-8-11(12(10)14-2)7-3-4-9-13/h5-6,8,13H,3-4,7,9H2,1-2H3. The van der Waals surface area contributed by atoms with E-state index in [4.69, 9.17) is 9.84 Å². The summed E-state index contributed by atoms with van der Waals surface area (Å²) < 4.78 is 5.34. The first-order valence-corrected chi connectivity index (χ1v) is 5.03. The molecule has 1 rings (SSSR count). The molecule has 1 aromatic rings. The average Bonchev–Trinajstić information content (AvgIpc) is 2.18. The largest absolute Gasteiger partial charge is 0.496 e. The van der Waals surface area contributed by atoms with Crippen molar-refractivity contribution in [2.45, 2.75) is 26.2 Å². The van der Waals surface area contributed by atoms with Gasteiger partial charge >= 0.3 is 0 Å². The van der Waals surface area contributed by atoms with Crippen LogP contribution in [0.4, 0.5) is 0 Å². The van der Waals surface area contributed by atoms with Crippen LogP contribution < -0.4 is 4.74 Å². The van der Waals surface area contributed by atoms with Crippen molar-refractivity contribution in [1.82, 2.24) is 0 Å². The maximum Gasteiger partial charge on any atom is 0.124 e. The topological polar surface area (TPSA) is 29.5 Å². The molecule has 0 aliphatic heterocycles. The van der Waals surface area contributed by atoms with Gasteiger partial charge in [-0.25, -0.2) is 0 Å². The number of methoxy groups -OCH3 is 1. The van der Waals surface area contributed by atoms with E-state index in [0.717, 1.165) is 25.0 Å². The number of benzene rings is 1. The number of hydrogen-bond donors (Lipinski definition) is 1. The average molecular weight is 194 g/mol. The number of rotatable bonds is 5. The van der Waals surface area contributed by atoms with E-state index < -0.39 is 0 Å². The molecule has 0 saturated carbocycles. The molecule has 0 aliphatic carbocycles. The number of ether oxygens (including phenoxy) is 1. The second kappa shape index (κ2) is 5.66. The molecule has 0 radical (unpaired) electrons. The second-order valence-corrected chi connectivity index (χ2v) is 3.45. The fourth-order valence-electron chi connectivity index (χ4n) is 1.63. The van der Waals surface area contributed by atoms with Crippen LogP contribution in [0.25, 0.3) is 0 Å². The molecule has 2 nitrogen and oxygen atoms in total. The fourth-order valence-corrected chi connectivity index (χ4v) is 1.63. The third-order valence-electron chi connectivity index (χ3n) is 2.35. The smallest absolute Gasteiger partial charge is 0.124 e. The highest BCUT2D eigenvalue weighted by Gasteiger charge is 2.04. The van der Waals surface area contributed by atoms with E-state index in [1.54, 1.807) is 7.11 Å². The van der Waals surface area contributed by atoms with E-state index in [9.17, 15) is 0 Å². The Morgan fingerprint density at radius 1 is 1.29 bits per heavy atom. The first-order chi connectivity index (χ1) is 6.79. The molecule has 2 heteroatoms. The number of aliphatic hydroxyl groups is 1. The van der Waals surface area contributed by atoms with E-state index in [1.807, 2.05) is 19.1 Å². The van der Waals surface area contributed by atoms with Crippen LogP contribution in [-0.4, -0.2) is 18.8 Å². The molecule has 0 amide bonds. The van der Waals surface area contributed by atoms with Gasteiger partial charge in [0.2, 0.25) is 0 Å². The first kappa shape index (κ1) is 11.1. The van der Waals surface area contributed by atoms with Crippen LogP contribution in [0, 0.1) is 6.92 Å². The molecule has 1 N–H and O–H groups in total. The summed E-state index contributed by atoms with van der Waals surface area (Å²) in [6.45, 7) is 2.32. The molecule has 0 aromatic heterocycles. The Morgan fingerprint density at radius 3 is 2.71 bits per heavy atom. The molecule has 0 spiro atoms. The molecule has 78 valence electrons. The summed E-state index contributed by atoms with van der Waals surface area (Å²) in [5, 5.41) is 8.69. The summed E-state index contributed by atoms with van der Waals surface area (Å²) in [5.41, 5.74) is 2.41. The van der Waals surface area contributed by atoms with Crippen LogP contribution in [0.2, 0.25) is 0 Å². The van der Waals surface area contributed by atoms with E-state index in [0.29, 0.717) is 0 Å². The Balaban J connectivity index is 2.70. The minimum Gasteiger partial charge on any atom is -0.496 e. The number of unbranched alkanes of at least 4 members (excludes halogenated alkanes) is 1. The summed E-state index contributed by atoms with van der Waals surface area (Å²) in [5.74, 6) is 0.991. The Morgan fingerprint density at radius 2 is 2.07 bits per heavy atom. The van der Waals surface area contributed by atoms with Crippen LogP contribution >= 0.6 is 0 Å². The Bertz CT molecular complexity index is 282. The van der Waals surface area contributed by atoms with E-state index in [2.05, 4.69) is 6.07 Å². The molecule has 1 aromatic carbocycles. The molecule has 0 unspecified atom stereocenters. The summed E-state index contributed by atoms with van der Waals surface area (Å²) in [7, 11) is 1.71. The van der Waals surface area contributed by atoms with Gasteiger partial charge in [-0.1, -0.05) is 18.2 Å². The quantitative estimate of drug-likeness (QED) is 0.729. The van der Waals surface area contributed by atoms with E-state index >= 15 is 0 Å². The predicted octanol–water partition coefficient (Wildman–Crippen LogP) is 2.32. The lowest BCUT2D eigenvalue weighted by Gasteiger charge is -2.10. The second-order valence-electron chi connectivity index (χ2n) is 3.45. The Labute approximate surface area is 85.5 Å². The minimum absolute atomic E-state index is 0.272. The monoisotopic (exact) mass is 194 g/mol. The lowest BCUT2D eigenvalue weighted by Crippen LogP contribution is -1.95. The van der Waals surface area contributed by atoms with E-state index in [1.165, 1.54) is 11.1 Å². The molecule has 0 aliphatic rings. The zero-order chi connectivity index (χ0) is 10.4. The van der Waals surface area contributed by atoms with Crippen LogP contribution in [-0.2, 0) is 6.42 Å². The number of para-hydroxylation sites is 1. The molecular formula is C12H18O2. The molecule has 0 bridgehead atoms. The van der Waals surface area contributed by atoms with Gasteiger partial charge in [-0.2, -0.15) is 0 Å². The Kier molecular flexibility index (Phi) is 4.47. The number of aryl methyl sites for hydroxylation is 2. The first-order valence-electron chi connectivity index (χ1n) is 5.03. The fraction of sp³-hybridized carbons (Fsp3) is 0.500.